The highest BCUT2D eigenvalue weighted by Crippen LogP contribution is 2.32. The molecule has 0 saturated carbocycles. The number of carbonyl (C=O) groups is 1. The Morgan fingerprint density at radius 2 is 2.26 bits per heavy atom. The zero-order chi connectivity index (χ0) is 16.2. The van der Waals surface area contributed by atoms with E-state index in [0.29, 0.717) is 18.9 Å². The Morgan fingerprint density at radius 3 is 3.00 bits per heavy atom. The van der Waals surface area contributed by atoms with Gasteiger partial charge in [-0.3, -0.25) is 14.9 Å². The van der Waals surface area contributed by atoms with Crippen LogP contribution in [0.4, 0.5) is 11.4 Å². The number of ether oxygens (including phenoxy) is 1. The Hall–Kier alpha value is -1.95. The molecule has 3 rings (SSSR count). The molecule has 1 saturated heterocycles. The summed E-state index contributed by atoms with van der Waals surface area (Å²) in [4.78, 5) is 24.9. The van der Waals surface area contributed by atoms with Crippen molar-refractivity contribution < 1.29 is 14.5 Å². The number of amides is 1. The van der Waals surface area contributed by atoms with Gasteiger partial charge in [0.15, 0.2) is 0 Å². The number of hydrogen-bond acceptors (Lipinski definition) is 4. The van der Waals surface area contributed by atoms with Crippen LogP contribution in [0.1, 0.15) is 37.7 Å². The number of anilines is 1. The van der Waals surface area contributed by atoms with Crippen LogP contribution in [0.2, 0.25) is 0 Å². The monoisotopic (exact) mass is 318 g/mol. The standard InChI is InChI=1S/C17H22N2O4/c20-17(8-5-13-3-2-10-23-12-13)18-9-1-4-14-6-7-15(19(21)22)11-16(14)18/h6-7,11,13H,1-5,8-10,12H2/t13-/m1/s1. The van der Waals surface area contributed by atoms with Gasteiger partial charge in [0.2, 0.25) is 5.91 Å². The molecule has 1 amide bonds. The summed E-state index contributed by atoms with van der Waals surface area (Å²) in [6.07, 6.45) is 5.28. The van der Waals surface area contributed by atoms with Crippen molar-refractivity contribution in [2.75, 3.05) is 24.7 Å². The molecule has 2 heterocycles. The quantitative estimate of drug-likeness (QED) is 0.631. The third-order valence-electron chi connectivity index (χ3n) is 4.72. The minimum Gasteiger partial charge on any atom is -0.381 e. The molecule has 1 aromatic carbocycles. The van der Waals surface area contributed by atoms with Crippen molar-refractivity contribution in [3.8, 4) is 0 Å². The van der Waals surface area contributed by atoms with E-state index in [1.165, 1.54) is 12.1 Å². The van der Waals surface area contributed by atoms with Gasteiger partial charge in [-0.2, -0.15) is 0 Å². The van der Waals surface area contributed by atoms with Crippen molar-refractivity contribution in [2.24, 2.45) is 5.92 Å². The second kappa shape index (κ2) is 7.08. The van der Waals surface area contributed by atoms with E-state index in [2.05, 4.69) is 0 Å². The highest BCUT2D eigenvalue weighted by molar-refractivity contribution is 5.95. The van der Waals surface area contributed by atoms with Crippen LogP contribution in [0, 0.1) is 16.0 Å². The van der Waals surface area contributed by atoms with Crippen LogP contribution < -0.4 is 4.90 Å². The van der Waals surface area contributed by atoms with E-state index in [1.807, 2.05) is 0 Å². The van der Waals surface area contributed by atoms with Crippen LogP contribution in [-0.4, -0.2) is 30.6 Å². The maximum absolute atomic E-state index is 12.6. The summed E-state index contributed by atoms with van der Waals surface area (Å²) < 4.78 is 5.46. The zero-order valence-electron chi connectivity index (χ0n) is 13.2. The number of nitro benzene ring substituents is 1. The molecule has 0 unspecified atom stereocenters. The molecule has 124 valence electrons. The topological polar surface area (TPSA) is 72.7 Å². The molecule has 0 bridgehead atoms. The number of hydrogen-bond donors (Lipinski definition) is 0. The fraction of sp³-hybridized carbons (Fsp3) is 0.588. The highest BCUT2D eigenvalue weighted by atomic mass is 16.6. The molecule has 0 aliphatic carbocycles. The maximum atomic E-state index is 12.6. The predicted octanol–water partition coefficient (Wildman–Crippen LogP) is 3.08. The van der Waals surface area contributed by atoms with E-state index >= 15 is 0 Å². The number of carbonyl (C=O) groups excluding carboxylic acids is 1. The second-order valence-electron chi connectivity index (χ2n) is 6.34. The van der Waals surface area contributed by atoms with E-state index in [0.717, 1.165) is 56.6 Å². The van der Waals surface area contributed by atoms with Crippen LogP contribution in [-0.2, 0) is 16.0 Å². The van der Waals surface area contributed by atoms with E-state index < -0.39 is 4.92 Å². The third kappa shape index (κ3) is 3.69. The van der Waals surface area contributed by atoms with Crippen LogP contribution in [0.5, 0.6) is 0 Å². The smallest absolute Gasteiger partial charge is 0.271 e. The Kier molecular flexibility index (Phi) is 4.91. The Labute approximate surface area is 135 Å². The molecule has 6 nitrogen and oxygen atoms in total. The number of fused-ring (bicyclic) bond motifs is 1. The number of nitro groups is 1. The maximum Gasteiger partial charge on any atom is 0.271 e. The second-order valence-corrected chi connectivity index (χ2v) is 6.34. The summed E-state index contributed by atoms with van der Waals surface area (Å²) in [5.41, 5.74) is 1.79. The van der Waals surface area contributed by atoms with Gasteiger partial charge in [0.05, 0.1) is 10.6 Å². The van der Waals surface area contributed by atoms with Gasteiger partial charge in [-0.15, -0.1) is 0 Å². The van der Waals surface area contributed by atoms with Gasteiger partial charge >= 0.3 is 0 Å². The lowest BCUT2D eigenvalue weighted by Crippen LogP contribution is -2.35. The number of rotatable bonds is 4. The zero-order valence-corrected chi connectivity index (χ0v) is 13.2. The first kappa shape index (κ1) is 15.9. The SMILES string of the molecule is O=C(CC[C@H]1CCCOC1)N1CCCc2ccc([N+](=O)[O-])cc21. The molecule has 2 aliphatic rings. The van der Waals surface area contributed by atoms with Gasteiger partial charge in [0.25, 0.3) is 5.69 Å². The lowest BCUT2D eigenvalue weighted by Gasteiger charge is -2.30. The molecular formula is C17H22N2O4. The van der Waals surface area contributed by atoms with Crippen LogP contribution in [0.25, 0.3) is 0 Å². The Balaban J connectivity index is 1.69. The first-order chi connectivity index (χ1) is 11.1. The largest absolute Gasteiger partial charge is 0.381 e. The Morgan fingerprint density at radius 1 is 1.39 bits per heavy atom. The minimum absolute atomic E-state index is 0.0455. The van der Waals surface area contributed by atoms with Crippen molar-refractivity contribution in [3.05, 3.63) is 33.9 Å². The normalized spacial score (nSPS) is 20.9. The molecule has 0 N–H and O–H groups in total. The number of nitrogens with zero attached hydrogens (tertiary/aromatic N) is 2. The molecule has 0 radical (unpaired) electrons. The number of benzene rings is 1. The van der Waals surface area contributed by atoms with Gasteiger partial charge in [0.1, 0.15) is 0 Å². The van der Waals surface area contributed by atoms with Crippen molar-refractivity contribution in [2.45, 2.75) is 38.5 Å². The number of aryl methyl sites for hydroxylation is 1. The molecule has 2 aliphatic heterocycles. The molecule has 0 aromatic heterocycles. The van der Waals surface area contributed by atoms with Gasteiger partial charge in [-0.05, 0) is 43.6 Å². The third-order valence-corrected chi connectivity index (χ3v) is 4.72. The molecule has 1 atom stereocenters. The predicted molar refractivity (Wildman–Crippen MR) is 86.5 cm³/mol. The fourth-order valence-electron chi connectivity index (χ4n) is 3.43. The number of non-ortho nitro benzene ring substituents is 1. The van der Waals surface area contributed by atoms with Gasteiger partial charge in [0, 0.05) is 38.3 Å². The van der Waals surface area contributed by atoms with Crippen LogP contribution in [0.15, 0.2) is 18.2 Å². The van der Waals surface area contributed by atoms with Gasteiger partial charge in [-0.25, -0.2) is 0 Å². The first-order valence-corrected chi connectivity index (χ1v) is 8.30. The van der Waals surface area contributed by atoms with E-state index in [4.69, 9.17) is 4.74 Å². The fourth-order valence-corrected chi connectivity index (χ4v) is 3.43. The lowest BCUT2D eigenvalue weighted by atomic mass is 9.95. The van der Waals surface area contributed by atoms with Crippen molar-refractivity contribution in [1.82, 2.24) is 0 Å². The first-order valence-electron chi connectivity index (χ1n) is 8.30. The highest BCUT2D eigenvalue weighted by Gasteiger charge is 2.25. The van der Waals surface area contributed by atoms with Crippen LogP contribution in [0.3, 0.4) is 0 Å². The van der Waals surface area contributed by atoms with Crippen molar-refractivity contribution in [3.63, 3.8) is 0 Å². The van der Waals surface area contributed by atoms with E-state index in [9.17, 15) is 14.9 Å². The molecule has 1 fully saturated rings. The lowest BCUT2D eigenvalue weighted by molar-refractivity contribution is -0.384. The summed E-state index contributed by atoms with van der Waals surface area (Å²) >= 11 is 0. The van der Waals surface area contributed by atoms with Crippen molar-refractivity contribution in [1.29, 1.82) is 0 Å². The summed E-state index contributed by atoms with van der Waals surface area (Å²) in [6, 6.07) is 4.84. The molecule has 23 heavy (non-hydrogen) atoms. The molecule has 1 aromatic rings. The Bertz CT molecular complexity index is 596. The molecule has 6 heteroatoms. The summed E-state index contributed by atoms with van der Waals surface area (Å²) in [5, 5.41) is 11.0. The summed E-state index contributed by atoms with van der Waals surface area (Å²) in [6.45, 7) is 2.22. The van der Waals surface area contributed by atoms with E-state index in [1.54, 1.807) is 11.0 Å². The van der Waals surface area contributed by atoms with Crippen molar-refractivity contribution >= 4 is 17.3 Å². The average Bonchev–Trinajstić information content (AvgIpc) is 2.59. The molecule has 0 spiro atoms. The summed E-state index contributed by atoms with van der Waals surface area (Å²) in [5.74, 6) is 0.527. The van der Waals surface area contributed by atoms with Crippen LogP contribution >= 0.6 is 0 Å². The van der Waals surface area contributed by atoms with Gasteiger partial charge < -0.3 is 9.64 Å². The van der Waals surface area contributed by atoms with Gasteiger partial charge in [-0.1, -0.05) is 6.07 Å². The minimum atomic E-state index is -0.406. The average molecular weight is 318 g/mol. The van der Waals surface area contributed by atoms with E-state index in [-0.39, 0.29) is 11.6 Å². The molecular weight excluding hydrogens is 296 g/mol. The summed E-state index contributed by atoms with van der Waals surface area (Å²) in [7, 11) is 0.